The molecular formula is C21H19N3O4. The van der Waals surface area contributed by atoms with Gasteiger partial charge in [0.2, 0.25) is 11.7 Å². The lowest BCUT2D eigenvalue weighted by Crippen LogP contribution is -2.38. The van der Waals surface area contributed by atoms with Crippen LogP contribution in [0.1, 0.15) is 51.9 Å². The standard InChI is InChI=1S/C21H19N3O4/c25-20(15-9-11-16(12-10-15)21(26)27)24-13-5-4-8-17(24)19-22-18(23-28-19)14-6-2-1-3-7-14/h1-3,6-7,9-12,17H,4-5,8,13H2,(H,26,27)/t17-/m0/s1. The van der Waals surface area contributed by atoms with Crippen LogP contribution in [-0.2, 0) is 0 Å². The van der Waals surface area contributed by atoms with Crippen LogP contribution >= 0.6 is 0 Å². The molecule has 1 saturated heterocycles. The maximum Gasteiger partial charge on any atom is 0.335 e. The van der Waals surface area contributed by atoms with Crippen LogP contribution in [-0.4, -0.2) is 38.6 Å². The Morgan fingerprint density at radius 1 is 1.00 bits per heavy atom. The van der Waals surface area contributed by atoms with Gasteiger partial charge in [0.15, 0.2) is 0 Å². The molecule has 1 atom stereocenters. The predicted octanol–water partition coefficient (Wildman–Crippen LogP) is 3.80. The molecule has 2 aromatic carbocycles. The number of carboxylic acids is 1. The van der Waals surface area contributed by atoms with Gasteiger partial charge in [-0.2, -0.15) is 4.98 Å². The summed E-state index contributed by atoms with van der Waals surface area (Å²) in [5, 5.41) is 13.1. The second kappa shape index (κ2) is 7.64. The highest BCUT2D eigenvalue weighted by Crippen LogP contribution is 2.32. The van der Waals surface area contributed by atoms with Gasteiger partial charge in [0, 0.05) is 17.7 Å². The summed E-state index contributed by atoms with van der Waals surface area (Å²) in [5.41, 5.74) is 1.45. The number of carboxylic acid groups (broad SMARTS) is 1. The number of rotatable bonds is 4. The lowest BCUT2D eigenvalue weighted by Gasteiger charge is -2.33. The van der Waals surface area contributed by atoms with Gasteiger partial charge in [-0.05, 0) is 43.5 Å². The van der Waals surface area contributed by atoms with Crippen LogP contribution in [0.15, 0.2) is 59.1 Å². The second-order valence-electron chi connectivity index (χ2n) is 6.71. The number of amides is 1. The van der Waals surface area contributed by atoms with Gasteiger partial charge in [0.1, 0.15) is 6.04 Å². The first-order valence-corrected chi connectivity index (χ1v) is 9.17. The van der Waals surface area contributed by atoms with E-state index in [1.807, 2.05) is 30.3 Å². The monoisotopic (exact) mass is 377 g/mol. The van der Waals surface area contributed by atoms with Crippen LogP contribution < -0.4 is 0 Å². The molecule has 0 spiro atoms. The van der Waals surface area contributed by atoms with Crippen molar-refractivity contribution in [1.29, 1.82) is 0 Å². The Kier molecular flexibility index (Phi) is 4.89. The quantitative estimate of drug-likeness (QED) is 0.743. The summed E-state index contributed by atoms with van der Waals surface area (Å²) >= 11 is 0. The van der Waals surface area contributed by atoms with E-state index in [-0.39, 0.29) is 17.5 Å². The van der Waals surface area contributed by atoms with E-state index in [1.165, 1.54) is 12.1 Å². The fourth-order valence-corrected chi connectivity index (χ4v) is 3.43. The third-order valence-electron chi connectivity index (χ3n) is 4.90. The first-order chi connectivity index (χ1) is 13.6. The molecular weight excluding hydrogens is 358 g/mol. The van der Waals surface area contributed by atoms with E-state index in [1.54, 1.807) is 17.0 Å². The Morgan fingerprint density at radius 3 is 2.43 bits per heavy atom. The molecule has 3 aromatic rings. The van der Waals surface area contributed by atoms with E-state index >= 15 is 0 Å². The number of carbonyl (C=O) groups excluding carboxylic acids is 1. The number of aromatic carboxylic acids is 1. The summed E-state index contributed by atoms with van der Waals surface area (Å²) in [6.07, 6.45) is 2.61. The number of piperidine rings is 1. The zero-order chi connectivity index (χ0) is 19.5. The maximum absolute atomic E-state index is 13.0. The Balaban J connectivity index is 1.59. The third-order valence-corrected chi connectivity index (χ3v) is 4.90. The average Bonchev–Trinajstić information content (AvgIpc) is 3.24. The van der Waals surface area contributed by atoms with Crippen LogP contribution in [0.3, 0.4) is 0 Å². The largest absolute Gasteiger partial charge is 0.478 e. The Hall–Kier alpha value is -3.48. The van der Waals surface area contributed by atoms with E-state index < -0.39 is 5.97 Å². The molecule has 0 saturated carbocycles. The molecule has 0 aliphatic carbocycles. The van der Waals surface area contributed by atoms with Crippen molar-refractivity contribution in [3.8, 4) is 11.4 Å². The predicted molar refractivity (Wildman–Crippen MR) is 101 cm³/mol. The smallest absolute Gasteiger partial charge is 0.335 e. The second-order valence-corrected chi connectivity index (χ2v) is 6.71. The molecule has 1 fully saturated rings. The molecule has 1 aliphatic heterocycles. The van der Waals surface area contributed by atoms with Gasteiger partial charge in [-0.3, -0.25) is 4.79 Å². The summed E-state index contributed by atoms with van der Waals surface area (Å²) in [6, 6.07) is 15.2. The van der Waals surface area contributed by atoms with Gasteiger partial charge in [-0.15, -0.1) is 0 Å². The molecule has 1 amide bonds. The minimum Gasteiger partial charge on any atom is -0.478 e. The SMILES string of the molecule is O=C(O)c1ccc(C(=O)N2CCCC[C@H]2c2nc(-c3ccccc3)no2)cc1. The Morgan fingerprint density at radius 2 is 1.71 bits per heavy atom. The van der Waals surface area contributed by atoms with Gasteiger partial charge < -0.3 is 14.5 Å². The molecule has 0 bridgehead atoms. The molecule has 142 valence electrons. The minimum absolute atomic E-state index is 0.149. The lowest BCUT2D eigenvalue weighted by atomic mass is 10.00. The number of aromatic nitrogens is 2. The molecule has 4 rings (SSSR count). The average molecular weight is 377 g/mol. The number of likely N-dealkylation sites (tertiary alicyclic amines) is 1. The molecule has 1 aliphatic rings. The molecule has 28 heavy (non-hydrogen) atoms. The number of carbonyl (C=O) groups is 2. The normalized spacial score (nSPS) is 16.7. The van der Waals surface area contributed by atoms with Gasteiger partial charge >= 0.3 is 5.97 Å². The fraction of sp³-hybridized carbons (Fsp3) is 0.238. The highest BCUT2D eigenvalue weighted by Gasteiger charge is 2.32. The number of hydrogen-bond acceptors (Lipinski definition) is 5. The summed E-state index contributed by atoms with van der Waals surface area (Å²) in [7, 11) is 0. The minimum atomic E-state index is -1.02. The zero-order valence-corrected chi connectivity index (χ0v) is 15.1. The van der Waals surface area contributed by atoms with Crippen LogP contribution in [0, 0.1) is 0 Å². The van der Waals surface area contributed by atoms with E-state index in [2.05, 4.69) is 10.1 Å². The molecule has 7 nitrogen and oxygen atoms in total. The molecule has 1 aromatic heterocycles. The summed E-state index contributed by atoms with van der Waals surface area (Å²) in [6.45, 7) is 0.591. The Bertz CT molecular complexity index is 982. The zero-order valence-electron chi connectivity index (χ0n) is 15.1. The highest BCUT2D eigenvalue weighted by molar-refractivity contribution is 5.96. The van der Waals surface area contributed by atoms with Gasteiger partial charge in [0.05, 0.1) is 5.56 Å². The number of benzene rings is 2. The van der Waals surface area contributed by atoms with E-state index in [4.69, 9.17) is 9.63 Å². The van der Waals surface area contributed by atoms with Crippen LogP contribution in [0.5, 0.6) is 0 Å². The van der Waals surface area contributed by atoms with Crippen LogP contribution in [0.25, 0.3) is 11.4 Å². The molecule has 7 heteroatoms. The van der Waals surface area contributed by atoms with E-state index in [0.29, 0.717) is 23.8 Å². The van der Waals surface area contributed by atoms with Gasteiger partial charge in [-0.1, -0.05) is 35.5 Å². The Labute approximate surface area is 161 Å². The summed E-state index contributed by atoms with van der Waals surface area (Å²) in [4.78, 5) is 30.3. The number of hydrogen-bond donors (Lipinski definition) is 1. The molecule has 2 heterocycles. The van der Waals surface area contributed by atoms with Crippen molar-refractivity contribution in [3.63, 3.8) is 0 Å². The van der Waals surface area contributed by atoms with Crippen molar-refractivity contribution in [3.05, 3.63) is 71.6 Å². The third kappa shape index (κ3) is 3.51. The summed E-state index contributed by atoms with van der Waals surface area (Å²) in [5.74, 6) is -0.260. The van der Waals surface area contributed by atoms with Crippen molar-refractivity contribution in [2.75, 3.05) is 6.54 Å². The molecule has 0 radical (unpaired) electrons. The van der Waals surface area contributed by atoms with E-state index in [0.717, 1.165) is 24.8 Å². The first kappa shape index (κ1) is 17.9. The van der Waals surface area contributed by atoms with Crippen molar-refractivity contribution in [2.24, 2.45) is 0 Å². The topological polar surface area (TPSA) is 96.5 Å². The van der Waals surface area contributed by atoms with Crippen molar-refractivity contribution in [2.45, 2.75) is 25.3 Å². The van der Waals surface area contributed by atoms with Crippen LogP contribution in [0.4, 0.5) is 0 Å². The highest BCUT2D eigenvalue weighted by atomic mass is 16.5. The number of nitrogens with zero attached hydrogens (tertiary/aromatic N) is 3. The lowest BCUT2D eigenvalue weighted by molar-refractivity contribution is 0.0560. The van der Waals surface area contributed by atoms with Crippen molar-refractivity contribution < 1.29 is 19.2 Å². The van der Waals surface area contributed by atoms with Gasteiger partial charge in [0.25, 0.3) is 5.91 Å². The first-order valence-electron chi connectivity index (χ1n) is 9.17. The molecule has 1 N–H and O–H groups in total. The van der Waals surface area contributed by atoms with Crippen molar-refractivity contribution >= 4 is 11.9 Å². The molecule has 0 unspecified atom stereocenters. The fourth-order valence-electron chi connectivity index (χ4n) is 3.43. The van der Waals surface area contributed by atoms with E-state index in [9.17, 15) is 9.59 Å². The summed E-state index contributed by atoms with van der Waals surface area (Å²) < 4.78 is 5.49. The maximum atomic E-state index is 13.0. The van der Waals surface area contributed by atoms with Crippen LogP contribution in [0.2, 0.25) is 0 Å². The van der Waals surface area contributed by atoms with Crippen molar-refractivity contribution in [1.82, 2.24) is 15.0 Å². The van der Waals surface area contributed by atoms with Gasteiger partial charge in [-0.25, -0.2) is 4.79 Å².